The van der Waals surface area contributed by atoms with Gasteiger partial charge in [-0.15, -0.1) is 0 Å². The topological polar surface area (TPSA) is 64.5 Å². The van der Waals surface area contributed by atoms with Crippen LogP contribution in [0.3, 0.4) is 0 Å². The minimum Gasteiger partial charge on any atom is -0.387 e. The summed E-state index contributed by atoms with van der Waals surface area (Å²) in [6.45, 7) is 3.78. The molecule has 0 saturated carbocycles. The zero-order valence-electron chi connectivity index (χ0n) is 15.0. The van der Waals surface area contributed by atoms with Gasteiger partial charge in [0.25, 0.3) is 0 Å². The Hall–Kier alpha value is -2.02. The number of rotatable bonds is 7. The second-order valence-corrected chi connectivity index (χ2v) is 7.18. The van der Waals surface area contributed by atoms with E-state index in [-0.39, 0.29) is 0 Å². The Morgan fingerprint density at radius 1 is 1.16 bits per heavy atom. The number of β-amino-alcohol motifs (C(OH)–C–C–N with tert-alkyl or cyclic N) is 1. The average Bonchev–Trinajstić information content (AvgIpc) is 2.95. The maximum Gasteiger partial charge on any atom is 0.222 e. The molecule has 1 saturated heterocycles. The second kappa shape index (κ2) is 7.91. The first-order valence-electron chi connectivity index (χ1n) is 8.71. The minimum absolute atomic E-state index is 0.610. The maximum absolute atomic E-state index is 10.6. The third-order valence-corrected chi connectivity index (χ3v) is 4.43. The van der Waals surface area contributed by atoms with E-state index in [1.165, 1.54) is 5.56 Å². The first-order valence-corrected chi connectivity index (χ1v) is 8.71. The van der Waals surface area contributed by atoms with E-state index < -0.39 is 5.60 Å². The van der Waals surface area contributed by atoms with Crippen molar-refractivity contribution in [1.82, 2.24) is 19.8 Å². The normalized spacial score (nSPS) is 21.0. The van der Waals surface area contributed by atoms with Crippen LogP contribution < -0.4 is 5.32 Å². The predicted octanol–water partition coefficient (Wildman–Crippen LogP) is 1.59. The highest BCUT2D eigenvalue weighted by molar-refractivity contribution is 5.28. The van der Waals surface area contributed by atoms with Gasteiger partial charge in [-0.2, -0.15) is 0 Å². The Morgan fingerprint density at radius 2 is 1.88 bits per heavy atom. The fourth-order valence-electron chi connectivity index (χ4n) is 3.36. The molecule has 0 unspecified atom stereocenters. The maximum atomic E-state index is 10.6. The lowest BCUT2D eigenvalue weighted by Gasteiger charge is -2.26. The van der Waals surface area contributed by atoms with Crippen molar-refractivity contribution in [2.24, 2.45) is 0 Å². The van der Waals surface area contributed by atoms with E-state index in [1.807, 2.05) is 49.6 Å². The van der Waals surface area contributed by atoms with Crippen molar-refractivity contribution >= 4 is 5.95 Å². The number of likely N-dealkylation sites (tertiary alicyclic amines) is 1. The molecule has 0 radical (unpaired) electrons. The van der Waals surface area contributed by atoms with E-state index in [4.69, 9.17) is 0 Å². The van der Waals surface area contributed by atoms with Crippen LogP contribution in [0.25, 0.3) is 0 Å². The van der Waals surface area contributed by atoms with Crippen molar-refractivity contribution in [3.8, 4) is 0 Å². The van der Waals surface area contributed by atoms with Crippen LogP contribution in [0.2, 0.25) is 0 Å². The number of nitrogens with one attached hydrogen (secondary N) is 1. The standard InChI is InChI=1S/C19H27N5O/c1-23(2)14-19(25)8-9-24(15-19)13-17-11-21-18(22-12-17)20-10-16-6-4-3-5-7-16/h3-7,11-12,25H,8-10,13-15H2,1-2H3,(H,20,21,22)/t19-/m0/s1. The number of hydrogen-bond acceptors (Lipinski definition) is 6. The Labute approximate surface area is 149 Å². The summed E-state index contributed by atoms with van der Waals surface area (Å²) in [6.07, 6.45) is 4.54. The fourth-order valence-corrected chi connectivity index (χ4v) is 3.36. The average molecular weight is 341 g/mol. The lowest BCUT2D eigenvalue weighted by molar-refractivity contribution is 0.0240. The zero-order valence-corrected chi connectivity index (χ0v) is 15.0. The van der Waals surface area contributed by atoms with Gasteiger partial charge < -0.3 is 15.3 Å². The molecule has 2 heterocycles. The van der Waals surface area contributed by atoms with Crippen LogP contribution in [0, 0.1) is 0 Å². The zero-order chi connectivity index (χ0) is 17.7. The third kappa shape index (κ3) is 5.22. The quantitative estimate of drug-likeness (QED) is 0.797. The van der Waals surface area contributed by atoms with Gasteiger partial charge in [0.1, 0.15) is 0 Å². The lowest BCUT2D eigenvalue weighted by Crippen LogP contribution is -2.42. The first-order chi connectivity index (χ1) is 12.0. The molecule has 25 heavy (non-hydrogen) atoms. The number of benzene rings is 1. The summed E-state index contributed by atoms with van der Waals surface area (Å²) in [7, 11) is 3.99. The van der Waals surface area contributed by atoms with Gasteiger partial charge in [-0.3, -0.25) is 4.90 Å². The Balaban J connectivity index is 1.50. The summed E-state index contributed by atoms with van der Waals surface area (Å²) in [4.78, 5) is 13.1. The number of likely N-dealkylation sites (N-methyl/N-ethyl adjacent to an activating group) is 1. The smallest absolute Gasteiger partial charge is 0.222 e. The van der Waals surface area contributed by atoms with Gasteiger partial charge >= 0.3 is 0 Å². The SMILES string of the molecule is CN(C)C[C@@]1(O)CCN(Cc2cnc(NCc3ccccc3)nc2)C1. The van der Waals surface area contributed by atoms with Crippen molar-refractivity contribution in [2.75, 3.05) is 39.0 Å². The van der Waals surface area contributed by atoms with Crippen molar-refractivity contribution in [2.45, 2.75) is 25.1 Å². The molecule has 134 valence electrons. The molecule has 1 aromatic heterocycles. The molecule has 0 amide bonds. The van der Waals surface area contributed by atoms with Gasteiger partial charge in [0.05, 0.1) is 5.60 Å². The minimum atomic E-state index is -0.610. The summed E-state index contributed by atoms with van der Waals surface area (Å²) in [5, 5.41) is 13.8. The molecule has 0 bridgehead atoms. The van der Waals surface area contributed by atoms with Gasteiger partial charge in [0.15, 0.2) is 0 Å². The summed E-state index contributed by atoms with van der Waals surface area (Å²) in [5.41, 5.74) is 1.66. The largest absolute Gasteiger partial charge is 0.387 e. The monoisotopic (exact) mass is 341 g/mol. The molecular weight excluding hydrogens is 314 g/mol. The van der Waals surface area contributed by atoms with Gasteiger partial charge in [0, 0.05) is 50.7 Å². The number of anilines is 1. The van der Waals surface area contributed by atoms with E-state index in [2.05, 4.69) is 32.3 Å². The van der Waals surface area contributed by atoms with Crippen molar-refractivity contribution in [3.05, 3.63) is 53.9 Å². The molecule has 1 fully saturated rings. The van der Waals surface area contributed by atoms with E-state index in [1.54, 1.807) is 0 Å². The molecule has 1 aliphatic heterocycles. The molecule has 1 atom stereocenters. The second-order valence-electron chi connectivity index (χ2n) is 7.18. The van der Waals surface area contributed by atoms with E-state index in [0.717, 1.165) is 25.1 Å². The summed E-state index contributed by atoms with van der Waals surface area (Å²) in [6, 6.07) is 10.2. The fraction of sp³-hybridized carbons (Fsp3) is 0.474. The molecule has 2 N–H and O–H groups in total. The molecule has 1 aliphatic rings. The van der Waals surface area contributed by atoms with Gasteiger partial charge in [0.2, 0.25) is 5.95 Å². The van der Waals surface area contributed by atoms with Crippen LogP contribution >= 0.6 is 0 Å². The highest BCUT2D eigenvalue weighted by Gasteiger charge is 2.36. The van der Waals surface area contributed by atoms with Crippen molar-refractivity contribution in [3.63, 3.8) is 0 Å². The van der Waals surface area contributed by atoms with Gasteiger partial charge in [-0.05, 0) is 26.1 Å². The Morgan fingerprint density at radius 3 is 2.56 bits per heavy atom. The number of nitrogens with zero attached hydrogens (tertiary/aromatic N) is 4. The van der Waals surface area contributed by atoms with Crippen molar-refractivity contribution in [1.29, 1.82) is 0 Å². The van der Waals surface area contributed by atoms with E-state index in [0.29, 0.717) is 25.6 Å². The molecular formula is C19H27N5O. The Bertz CT molecular complexity index is 661. The van der Waals surface area contributed by atoms with E-state index >= 15 is 0 Å². The lowest BCUT2D eigenvalue weighted by atomic mass is 10.0. The molecule has 6 nitrogen and oxygen atoms in total. The molecule has 1 aromatic carbocycles. The van der Waals surface area contributed by atoms with Crippen LogP contribution in [-0.4, -0.2) is 64.2 Å². The van der Waals surface area contributed by atoms with Crippen LogP contribution in [0.15, 0.2) is 42.7 Å². The van der Waals surface area contributed by atoms with Crippen LogP contribution in [-0.2, 0) is 13.1 Å². The summed E-state index contributed by atoms with van der Waals surface area (Å²) >= 11 is 0. The third-order valence-electron chi connectivity index (χ3n) is 4.43. The number of aliphatic hydroxyl groups is 1. The highest BCUT2D eigenvalue weighted by atomic mass is 16.3. The van der Waals surface area contributed by atoms with Crippen molar-refractivity contribution < 1.29 is 5.11 Å². The van der Waals surface area contributed by atoms with Gasteiger partial charge in [-0.25, -0.2) is 9.97 Å². The molecule has 0 spiro atoms. The molecule has 3 rings (SSSR count). The summed E-state index contributed by atoms with van der Waals surface area (Å²) < 4.78 is 0. The van der Waals surface area contributed by atoms with E-state index in [9.17, 15) is 5.11 Å². The highest BCUT2D eigenvalue weighted by Crippen LogP contribution is 2.23. The van der Waals surface area contributed by atoms with Crippen LogP contribution in [0.1, 0.15) is 17.5 Å². The molecule has 0 aliphatic carbocycles. The van der Waals surface area contributed by atoms with Gasteiger partial charge in [-0.1, -0.05) is 30.3 Å². The molecule has 2 aromatic rings. The van der Waals surface area contributed by atoms with Crippen LogP contribution in [0.5, 0.6) is 0 Å². The number of hydrogen-bond donors (Lipinski definition) is 2. The Kier molecular flexibility index (Phi) is 5.63. The molecule has 6 heteroatoms. The predicted molar refractivity (Wildman–Crippen MR) is 99.2 cm³/mol. The van der Waals surface area contributed by atoms with Crippen LogP contribution in [0.4, 0.5) is 5.95 Å². The summed E-state index contributed by atoms with van der Waals surface area (Å²) in [5.74, 6) is 0.637. The first kappa shape index (κ1) is 17.8. The number of aromatic nitrogens is 2.